The number of hydrogen-bond donors (Lipinski definition) is 2. The second-order valence-corrected chi connectivity index (χ2v) is 9.20. The minimum absolute atomic E-state index is 0.0121. The van der Waals surface area contributed by atoms with Gasteiger partial charge in [0.15, 0.2) is 5.58 Å². The van der Waals surface area contributed by atoms with Crippen LogP contribution in [0.25, 0.3) is 22.6 Å². The molecule has 1 aliphatic rings. The molecule has 0 radical (unpaired) electrons. The minimum Gasteiger partial charge on any atom is -0.436 e. The van der Waals surface area contributed by atoms with Gasteiger partial charge in [0.25, 0.3) is 5.91 Å². The zero-order valence-corrected chi connectivity index (χ0v) is 19.7. The second-order valence-electron chi connectivity index (χ2n) is 9.20. The van der Waals surface area contributed by atoms with Crippen molar-refractivity contribution in [2.45, 2.75) is 64.2 Å². The lowest BCUT2D eigenvalue weighted by atomic mass is 10.1. The number of hydrogen-bond acceptors (Lipinski definition) is 5. The molecule has 0 unspecified atom stereocenters. The maximum Gasteiger partial charge on any atom is 0.253 e. The van der Waals surface area contributed by atoms with Crippen molar-refractivity contribution in [1.82, 2.24) is 20.5 Å². The number of carbonyl (C=O) groups is 2. The summed E-state index contributed by atoms with van der Waals surface area (Å²) < 4.78 is 5.82. The van der Waals surface area contributed by atoms with Crippen molar-refractivity contribution in [1.29, 1.82) is 0 Å². The van der Waals surface area contributed by atoms with E-state index in [1.54, 1.807) is 4.90 Å². The number of nitrogens with zero attached hydrogens (tertiary/aromatic N) is 2. The molecule has 33 heavy (non-hydrogen) atoms. The van der Waals surface area contributed by atoms with Crippen LogP contribution in [0.2, 0.25) is 0 Å². The molecule has 7 nitrogen and oxygen atoms in total. The highest BCUT2D eigenvalue weighted by Gasteiger charge is 2.32. The van der Waals surface area contributed by atoms with Crippen LogP contribution >= 0.6 is 0 Å². The monoisotopic (exact) mass is 448 g/mol. The predicted octanol–water partition coefficient (Wildman–Crippen LogP) is 3.99. The van der Waals surface area contributed by atoms with Crippen LogP contribution in [0.15, 0.2) is 52.9 Å². The molecule has 1 heterocycles. The van der Waals surface area contributed by atoms with Gasteiger partial charge in [-0.05, 0) is 62.6 Å². The van der Waals surface area contributed by atoms with Gasteiger partial charge in [0.05, 0.1) is 6.04 Å². The quantitative estimate of drug-likeness (QED) is 0.571. The molecule has 4 rings (SSSR count). The smallest absolute Gasteiger partial charge is 0.253 e. The van der Waals surface area contributed by atoms with Crippen LogP contribution in [0, 0.1) is 0 Å². The molecule has 0 aliphatic heterocycles. The Bertz CT molecular complexity index is 1090. The number of oxazole rings is 1. The first-order chi connectivity index (χ1) is 15.8. The summed E-state index contributed by atoms with van der Waals surface area (Å²) in [5.41, 5.74) is 3.01. The van der Waals surface area contributed by atoms with Gasteiger partial charge in [-0.2, -0.15) is 0 Å². The number of aromatic nitrogens is 1. The van der Waals surface area contributed by atoms with Crippen LogP contribution in [0.3, 0.4) is 0 Å². The molecular weight excluding hydrogens is 416 g/mol. The van der Waals surface area contributed by atoms with E-state index in [1.807, 2.05) is 76.3 Å². The molecular formula is C26H32N4O3. The van der Waals surface area contributed by atoms with E-state index in [0.717, 1.165) is 35.9 Å². The fourth-order valence-electron chi connectivity index (χ4n) is 4.46. The Kier molecular flexibility index (Phi) is 6.79. The molecule has 3 atom stereocenters. The summed E-state index contributed by atoms with van der Waals surface area (Å²) in [6.07, 6.45) is 2.52. The van der Waals surface area contributed by atoms with Crippen LogP contribution in [0.5, 0.6) is 0 Å². The highest BCUT2D eigenvalue weighted by molar-refractivity contribution is 5.94. The summed E-state index contributed by atoms with van der Waals surface area (Å²) in [6.45, 7) is 5.92. The molecule has 1 fully saturated rings. The summed E-state index contributed by atoms with van der Waals surface area (Å²) in [5.74, 6) is 0.531. The maximum atomic E-state index is 13.1. The third kappa shape index (κ3) is 5.25. The number of amides is 2. The standard InChI is InChI=1S/C26H32N4O3/c1-16(2)27-17(3)24(31)28-20-13-14-21(15-20)30(4)26(32)19-11-9-18(10-12-19)25-29-22-7-5-6-8-23(22)33-25/h5-12,16-17,20-21,27H,13-15H2,1-4H3,(H,28,31)/t17-,20+,21-/m0/s1. The van der Waals surface area contributed by atoms with Crippen molar-refractivity contribution < 1.29 is 14.0 Å². The van der Waals surface area contributed by atoms with E-state index in [2.05, 4.69) is 15.6 Å². The van der Waals surface area contributed by atoms with Gasteiger partial charge >= 0.3 is 0 Å². The minimum atomic E-state index is -0.233. The lowest BCUT2D eigenvalue weighted by Gasteiger charge is -2.25. The van der Waals surface area contributed by atoms with Crippen molar-refractivity contribution in [2.24, 2.45) is 0 Å². The largest absolute Gasteiger partial charge is 0.436 e. The second kappa shape index (κ2) is 9.75. The SMILES string of the molecule is CC(C)N[C@@H](C)C(=O)N[C@@H]1CC[C@H](N(C)C(=O)c2ccc(-c3nc4ccccc4o3)cc2)C1. The van der Waals surface area contributed by atoms with Crippen molar-refractivity contribution in [3.05, 3.63) is 54.1 Å². The molecule has 0 bridgehead atoms. The summed E-state index contributed by atoms with van der Waals surface area (Å²) in [5, 5.41) is 6.35. The number of benzene rings is 2. The predicted molar refractivity (Wildman–Crippen MR) is 129 cm³/mol. The first-order valence-corrected chi connectivity index (χ1v) is 11.6. The lowest BCUT2D eigenvalue weighted by Crippen LogP contribution is -2.48. The van der Waals surface area contributed by atoms with E-state index in [-0.39, 0.29) is 36.0 Å². The maximum absolute atomic E-state index is 13.1. The third-order valence-corrected chi connectivity index (χ3v) is 6.27. The fourth-order valence-corrected chi connectivity index (χ4v) is 4.46. The lowest BCUT2D eigenvalue weighted by molar-refractivity contribution is -0.123. The Morgan fingerprint density at radius 2 is 1.79 bits per heavy atom. The number of nitrogens with one attached hydrogen (secondary N) is 2. The third-order valence-electron chi connectivity index (χ3n) is 6.27. The molecule has 2 aromatic carbocycles. The number of carbonyl (C=O) groups excluding carboxylic acids is 2. The molecule has 1 aliphatic carbocycles. The molecule has 0 spiro atoms. The highest BCUT2D eigenvalue weighted by Crippen LogP contribution is 2.27. The van der Waals surface area contributed by atoms with Gasteiger partial charge in [0.2, 0.25) is 11.8 Å². The van der Waals surface area contributed by atoms with Crippen LogP contribution in [-0.2, 0) is 4.79 Å². The van der Waals surface area contributed by atoms with E-state index in [9.17, 15) is 9.59 Å². The molecule has 1 saturated carbocycles. The first kappa shape index (κ1) is 23.0. The van der Waals surface area contributed by atoms with Crippen LogP contribution in [0.4, 0.5) is 0 Å². The van der Waals surface area contributed by atoms with E-state index in [0.29, 0.717) is 11.5 Å². The van der Waals surface area contributed by atoms with Crippen molar-refractivity contribution in [3.63, 3.8) is 0 Å². The summed E-state index contributed by atoms with van der Waals surface area (Å²) in [6, 6.07) is 15.2. The molecule has 174 valence electrons. The van der Waals surface area contributed by atoms with E-state index in [1.165, 1.54) is 0 Å². The van der Waals surface area contributed by atoms with Gasteiger partial charge in [-0.15, -0.1) is 0 Å². The molecule has 2 N–H and O–H groups in total. The average Bonchev–Trinajstić information content (AvgIpc) is 3.45. The first-order valence-electron chi connectivity index (χ1n) is 11.6. The van der Waals surface area contributed by atoms with E-state index < -0.39 is 0 Å². The van der Waals surface area contributed by atoms with Crippen molar-refractivity contribution >= 4 is 22.9 Å². The number of rotatable bonds is 7. The Labute approximate surface area is 194 Å². The summed E-state index contributed by atoms with van der Waals surface area (Å²) in [7, 11) is 1.84. The van der Waals surface area contributed by atoms with Gasteiger partial charge in [0, 0.05) is 36.3 Å². The number of fused-ring (bicyclic) bond motifs is 1. The Morgan fingerprint density at radius 3 is 2.48 bits per heavy atom. The van der Waals surface area contributed by atoms with Crippen molar-refractivity contribution in [2.75, 3.05) is 7.05 Å². The number of para-hydroxylation sites is 2. The zero-order chi connectivity index (χ0) is 23.5. The van der Waals surface area contributed by atoms with Gasteiger partial charge in [-0.3, -0.25) is 9.59 Å². The average molecular weight is 449 g/mol. The van der Waals surface area contributed by atoms with Gasteiger partial charge < -0.3 is 20.0 Å². The highest BCUT2D eigenvalue weighted by atomic mass is 16.3. The van der Waals surface area contributed by atoms with Gasteiger partial charge in [-0.1, -0.05) is 26.0 Å². The van der Waals surface area contributed by atoms with Gasteiger partial charge in [-0.25, -0.2) is 4.98 Å². The Hall–Kier alpha value is -3.19. The van der Waals surface area contributed by atoms with Crippen LogP contribution < -0.4 is 10.6 Å². The van der Waals surface area contributed by atoms with Crippen molar-refractivity contribution in [3.8, 4) is 11.5 Å². The normalized spacial score (nSPS) is 19.1. The molecule has 3 aromatic rings. The Balaban J connectivity index is 1.35. The van der Waals surface area contributed by atoms with E-state index >= 15 is 0 Å². The van der Waals surface area contributed by atoms with Crippen LogP contribution in [-0.4, -0.2) is 52.9 Å². The van der Waals surface area contributed by atoms with E-state index in [4.69, 9.17) is 4.42 Å². The Morgan fingerprint density at radius 1 is 1.06 bits per heavy atom. The van der Waals surface area contributed by atoms with Crippen LogP contribution in [0.1, 0.15) is 50.4 Å². The molecule has 2 amide bonds. The topological polar surface area (TPSA) is 87.5 Å². The molecule has 0 saturated heterocycles. The molecule has 7 heteroatoms. The fraction of sp³-hybridized carbons (Fsp3) is 0.423. The molecule has 1 aromatic heterocycles. The summed E-state index contributed by atoms with van der Waals surface area (Å²) >= 11 is 0. The van der Waals surface area contributed by atoms with Gasteiger partial charge in [0.1, 0.15) is 5.52 Å². The summed E-state index contributed by atoms with van der Waals surface area (Å²) in [4.78, 5) is 31.8. The zero-order valence-electron chi connectivity index (χ0n) is 19.7.